The molecular formula is C16H17ClN2O. The molecular weight excluding hydrogens is 272 g/mol. The van der Waals surface area contributed by atoms with Crippen LogP contribution in [0, 0.1) is 6.92 Å². The lowest BCUT2D eigenvalue weighted by Crippen LogP contribution is -2.31. The zero-order chi connectivity index (χ0) is 14.7. The van der Waals surface area contributed by atoms with Crippen molar-refractivity contribution in [1.29, 1.82) is 0 Å². The summed E-state index contributed by atoms with van der Waals surface area (Å²) in [5.74, 6) is -0.118. The van der Waals surface area contributed by atoms with Gasteiger partial charge in [-0.05, 0) is 49.7 Å². The van der Waals surface area contributed by atoms with E-state index in [1.807, 2.05) is 38.1 Å². The number of amides is 1. The molecule has 0 radical (unpaired) electrons. The number of hydrogen-bond acceptors (Lipinski definition) is 2. The lowest BCUT2D eigenvalue weighted by Gasteiger charge is -2.22. The van der Waals surface area contributed by atoms with Crippen molar-refractivity contribution in [3.63, 3.8) is 0 Å². The number of aryl methyl sites for hydroxylation is 1. The van der Waals surface area contributed by atoms with Gasteiger partial charge in [0, 0.05) is 22.9 Å². The molecule has 104 valence electrons. The first kappa shape index (κ1) is 14.4. The van der Waals surface area contributed by atoms with Crippen LogP contribution in [0.15, 0.2) is 42.5 Å². The number of carbonyl (C=O) groups is 1. The molecule has 0 saturated carbocycles. The van der Waals surface area contributed by atoms with Gasteiger partial charge in [-0.1, -0.05) is 23.7 Å². The van der Waals surface area contributed by atoms with Crippen LogP contribution in [0.3, 0.4) is 0 Å². The molecule has 0 fully saturated rings. The Morgan fingerprint density at radius 1 is 1.25 bits per heavy atom. The Hall–Kier alpha value is -2.00. The summed E-state index contributed by atoms with van der Waals surface area (Å²) in [6.07, 6.45) is 0. The van der Waals surface area contributed by atoms with E-state index in [0.29, 0.717) is 22.8 Å². The van der Waals surface area contributed by atoms with Crippen molar-refractivity contribution >= 4 is 28.9 Å². The Morgan fingerprint density at radius 2 is 2.00 bits per heavy atom. The van der Waals surface area contributed by atoms with E-state index >= 15 is 0 Å². The zero-order valence-corrected chi connectivity index (χ0v) is 12.3. The molecule has 0 aliphatic carbocycles. The number of nitrogen functional groups attached to an aromatic ring is 1. The lowest BCUT2D eigenvalue weighted by atomic mass is 10.1. The number of hydrogen-bond donors (Lipinski definition) is 1. The van der Waals surface area contributed by atoms with Gasteiger partial charge in [-0.15, -0.1) is 0 Å². The number of anilines is 2. The van der Waals surface area contributed by atoms with E-state index in [2.05, 4.69) is 0 Å². The van der Waals surface area contributed by atoms with Gasteiger partial charge in [-0.2, -0.15) is 0 Å². The highest BCUT2D eigenvalue weighted by Gasteiger charge is 2.18. The highest BCUT2D eigenvalue weighted by molar-refractivity contribution is 6.31. The van der Waals surface area contributed by atoms with Gasteiger partial charge in [-0.3, -0.25) is 4.79 Å². The van der Waals surface area contributed by atoms with Crippen LogP contribution in [0.2, 0.25) is 5.02 Å². The van der Waals surface area contributed by atoms with E-state index in [-0.39, 0.29) is 5.91 Å². The summed E-state index contributed by atoms with van der Waals surface area (Å²) in [5, 5.41) is 0.526. The van der Waals surface area contributed by atoms with Gasteiger partial charge in [-0.25, -0.2) is 0 Å². The van der Waals surface area contributed by atoms with Crippen molar-refractivity contribution in [2.75, 3.05) is 17.2 Å². The van der Waals surface area contributed by atoms with Crippen molar-refractivity contribution in [2.24, 2.45) is 0 Å². The van der Waals surface area contributed by atoms with Crippen LogP contribution in [-0.4, -0.2) is 12.5 Å². The summed E-state index contributed by atoms with van der Waals surface area (Å²) in [4.78, 5) is 14.3. The molecule has 2 rings (SSSR count). The minimum atomic E-state index is -0.118. The summed E-state index contributed by atoms with van der Waals surface area (Å²) in [6.45, 7) is 4.51. The standard InChI is InChI=1S/C16H17ClN2O/c1-3-19(13-6-4-5-11(2)9-13)16(20)14-8-7-12(17)10-15(14)18/h4-10H,3,18H2,1-2H3. The SMILES string of the molecule is CCN(C(=O)c1ccc(Cl)cc1N)c1cccc(C)c1. The number of rotatable bonds is 3. The molecule has 4 heteroatoms. The van der Waals surface area contributed by atoms with E-state index < -0.39 is 0 Å². The van der Waals surface area contributed by atoms with Crippen LogP contribution in [0.4, 0.5) is 11.4 Å². The largest absolute Gasteiger partial charge is 0.398 e. The summed E-state index contributed by atoms with van der Waals surface area (Å²) < 4.78 is 0. The van der Waals surface area contributed by atoms with Gasteiger partial charge in [0.1, 0.15) is 0 Å². The zero-order valence-electron chi connectivity index (χ0n) is 11.6. The maximum absolute atomic E-state index is 12.6. The van der Waals surface area contributed by atoms with Crippen LogP contribution >= 0.6 is 11.6 Å². The molecule has 1 amide bonds. The van der Waals surface area contributed by atoms with Crippen LogP contribution in [-0.2, 0) is 0 Å². The molecule has 2 aromatic carbocycles. The second-order valence-corrected chi connectivity index (χ2v) is 5.06. The van der Waals surface area contributed by atoms with Crippen molar-refractivity contribution in [3.05, 3.63) is 58.6 Å². The highest BCUT2D eigenvalue weighted by atomic mass is 35.5. The Labute approximate surface area is 124 Å². The van der Waals surface area contributed by atoms with Crippen LogP contribution in [0.5, 0.6) is 0 Å². The molecule has 0 aromatic heterocycles. The van der Waals surface area contributed by atoms with Gasteiger partial charge in [0.25, 0.3) is 5.91 Å². The first-order valence-corrected chi connectivity index (χ1v) is 6.84. The maximum atomic E-state index is 12.6. The van der Waals surface area contributed by atoms with E-state index in [9.17, 15) is 4.79 Å². The minimum absolute atomic E-state index is 0.118. The fraction of sp³-hybridized carbons (Fsp3) is 0.188. The summed E-state index contributed by atoms with van der Waals surface area (Å²) in [7, 11) is 0. The number of nitrogens with two attached hydrogens (primary N) is 1. The predicted molar refractivity (Wildman–Crippen MR) is 84.4 cm³/mol. The average Bonchev–Trinajstić information content (AvgIpc) is 2.39. The first-order valence-electron chi connectivity index (χ1n) is 6.46. The van der Waals surface area contributed by atoms with Gasteiger partial charge in [0.05, 0.1) is 5.56 Å². The fourth-order valence-corrected chi connectivity index (χ4v) is 2.29. The number of halogens is 1. The molecule has 0 heterocycles. The van der Waals surface area contributed by atoms with Gasteiger partial charge >= 0.3 is 0 Å². The Bertz CT molecular complexity index is 640. The quantitative estimate of drug-likeness (QED) is 0.871. The van der Waals surface area contributed by atoms with E-state index in [1.165, 1.54) is 0 Å². The third-order valence-electron chi connectivity index (χ3n) is 3.12. The highest BCUT2D eigenvalue weighted by Crippen LogP contribution is 2.23. The van der Waals surface area contributed by atoms with Crippen molar-refractivity contribution in [2.45, 2.75) is 13.8 Å². The third-order valence-corrected chi connectivity index (χ3v) is 3.35. The lowest BCUT2D eigenvalue weighted by molar-refractivity contribution is 0.0989. The van der Waals surface area contributed by atoms with Crippen LogP contribution < -0.4 is 10.6 Å². The number of benzene rings is 2. The summed E-state index contributed by atoms with van der Waals surface area (Å²) in [6, 6.07) is 12.8. The number of carbonyl (C=O) groups excluding carboxylic acids is 1. The molecule has 2 N–H and O–H groups in total. The Balaban J connectivity index is 2.39. The fourth-order valence-electron chi connectivity index (χ4n) is 2.11. The first-order chi connectivity index (χ1) is 9.52. The summed E-state index contributed by atoms with van der Waals surface area (Å²) >= 11 is 5.87. The van der Waals surface area contributed by atoms with E-state index in [0.717, 1.165) is 11.3 Å². The van der Waals surface area contributed by atoms with Crippen LogP contribution in [0.25, 0.3) is 0 Å². The predicted octanol–water partition coefficient (Wildman–Crippen LogP) is 3.90. The molecule has 0 aliphatic rings. The Morgan fingerprint density at radius 3 is 2.60 bits per heavy atom. The topological polar surface area (TPSA) is 46.3 Å². The van der Waals surface area contributed by atoms with E-state index in [4.69, 9.17) is 17.3 Å². The summed E-state index contributed by atoms with van der Waals surface area (Å²) in [5.41, 5.74) is 8.73. The molecule has 3 nitrogen and oxygen atoms in total. The van der Waals surface area contributed by atoms with Gasteiger partial charge in [0.2, 0.25) is 0 Å². The molecule has 2 aromatic rings. The minimum Gasteiger partial charge on any atom is -0.398 e. The smallest absolute Gasteiger partial charge is 0.260 e. The molecule has 0 aliphatic heterocycles. The van der Waals surface area contributed by atoms with Gasteiger partial charge in [0.15, 0.2) is 0 Å². The van der Waals surface area contributed by atoms with Crippen molar-refractivity contribution < 1.29 is 4.79 Å². The van der Waals surface area contributed by atoms with Crippen molar-refractivity contribution in [1.82, 2.24) is 0 Å². The molecule has 20 heavy (non-hydrogen) atoms. The third kappa shape index (κ3) is 2.94. The molecule has 0 bridgehead atoms. The molecule has 0 saturated heterocycles. The van der Waals surface area contributed by atoms with Crippen LogP contribution in [0.1, 0.15) is 22.8 Å². The second kappa shape index (κ2) is 5.97. The molecule has 0 spiro atoms. The average molecular weight is 289 g/mol. The monoisotopic (exact) mass is 288 g/mol. The maximum Gasteiger partial charge on any atom is 0.260 e. The molecule has 0 atom stereocenters. The van der Waals surface area contributed by atoms with E-state index in [1.54, 1.807) is 23.1 Å². The Kier molecular flexibility index (Phi) is 4.30. The van der Waals surface area contributed by atoms with Gasteiger partial charge < -0.3 is 10.6 Å². The molecule has 0 unspecified atom stereocenters. The van der Waals surface area contributed by atoms with Crippen molar-refractivity contribution in [3.8, 4) is 0 Å². The normalized spacial score (nSPS) is 10.3. The second-order valence-electron chi connectivity index (χ2n) is 4.62. The number of nitrogens with zero attached hydrogens (tertiary/aromatic N) is 1.